The summed E-state index contributed by atoms with van der Waals surface area (Å²) >= 11 is 0. The van der Waals surface area contributed by atoms with E-state index in [0.29, 0.717) is 12.5 Å². The standard InChI is InChI=1S/C13H22O2/c1-3-7-11(2)13(14)15-10-12-8-5-4-6-9-12/h4-5,11-12H,3,6-10H2,1-2H3. The summed E-state index contributed by atoms with van der Waals surface area (Å²) in [6.45, 7) is 4.65. The second-order valence-corrected chi connectivity index (χ2v) is 4.47. The first-order valence-corrected chi connectivity index (χ1v) is 6.05. The molecule has 0 saturated heterocycles. The maximum atomic E-state index is 11.5. The van der Waals surface area contributed by atoms with Crippen LogP contribution in [-0.4, -0.2) is 12.6 Å². The van der Waals surface area contributed by atoms with Crippen LogP contribution >= 0.6 is 0 Å². The lowest BCUT2D eigenvalue weighted by Crippen LogP contribution is -2.19. The highest BCUT2D eigenvalue weighted by Crippen LogP contribution is 2.19. The first-order chi connectivity index (χ1) is 7.24. The van der Waals surface area contributed by atoms with Crippen molar-refractivity contribution < 1.29 is 9.53 Å². The molecule has 1 rings (SSSR count). The number of carbonyl (C=O) groups excluding carboxylic acids is 1. The quantitative estimate of drug-likeness (QED) is 0.514. The molecule has 0 aromatic heterocycles. The summed E-state index contributed by atoms with van der Waals surface area (Å²) in [4.78, 5) is 11.5. The Labute approximate surface area is 92.7 Å². The second kappa shape index (κ2) is 6.65. The second-order valence-electron chi connectivity index (χ2n) is 4.47. The lowest BCUT2D eigenvalue weighted by molar-refractivity contribution is -0.149. The smallest absolute Gasteiger partial charge is 0.308 e. The van der Waals surface area contributed by atoms with Crippen molar-refractivity contribution in [1.29, 1.82) is 0 Å². The molecule has 0 spiro atoms. The number of rotatable bonds is 5. The molecule has 86 valence electrons. The van der Waals surface area contributed by atoms with E-state index in [0.717, 1.165) is 32.1 Å². The summed E-state index contributed by atoms with van der Waals surface area (Å²) < 4.78 is 5.32. The Bertz CT molecular complexity index is 221. The van der Waals surface area contributed by atoms with E-state index in [1.54, 1.807) is 0 Å². The molecule has 0 aromatic carbocycles. The predicted molar refractivity (Wildman–Crippen MR) is 61.5 cm³/mol. The molecule has 0 saturated carbocycles. The first kappa shape index (κ1) is 12.3. The number of hydrogen-bond donors (Lipinski definition) is 0. The average molecular weight is 210 g/mol. The first-order valence-electron chi connectivity index (χ1n) is 6.05. The molecule has 0 aliphatic heterocycles. The van der Waals surface area contributed by atoms with Crippen LogP contribution in [0.15, 0.2) is 12.2 Å². The molecule has 0 fully saturated rings. The van der Waals surface area contributed by atoms with Crippen molar-refractivity contribution in [3.8, 4) is 0 Å². The zero-order valence-corrected chi connectivity index (χ0v) is 9.87. The summed E-state index contributed by atoms with van der Waals surface area (Å²) in [5, 5.41) is 0. The van der Waals surface area contributed by atoms with Crippen molar-refractivity contribution >= 4 is 5.97 Å². The number of esters is 1. The fourth-order valence-electron chi connectivity index (χ4n) is 1.90. The monoisotopic (exact) mass is 210 g/mol. The summed E-state index contributed by atoms with van der Waals surface area (Å²) in [7, 11) is 0. The van der Waals surface area contributed by atoms with Crippen LogP contribution in [0.5, 0.6) is 0 Å². The van der Waals surface area contributed by atoms with Gasteiger partial charge in [0, 0.05) is 0 Å². The lowest BCUT2D eigenvalue weighted by Gasteiger charge is -2.18. The van der Waals surface area contributed by atoms with Gasteiger partial charge < -0.3 is 4.74 Å². The van der Waals surface area contributed by atoms with E-state index < -0.39 is 0 Å². The molecular weight excluding hydrogens is 188 g/mol. The number of ether oxygens (including phenoxy) is 1. The molecule has 0 N–H and O–H groups in total. The molecule has 2 heteroatoms. The van der Waals surface area contributed by atoms with Gasteiger partial charge in [0.2, 0.25) is 0 Å². The molecule has 1 aliphatic carbocycles. The van der Waals surface area contributed by atoms with Crippen LogP contribution in [-0.2, 0) is 9.53 Å². The fraction of sp³-hybridized carbons (Fsp3) is 0.769. The van der Waals surface area contributed by atoms with Gasteiger partial charge in [0.05, 0.1) is 12.5 Å². The van der Waals surface area contributed by atoms with Gasteiger partial charge in [0.25, 0.3) is 0 Å². The predicted octanol–water partition coefficient (Wildman–Crippen LogP) is 3.32. The lowest BCUT2D eigenvalue weighted by atomic mass is 9.95. The molecule has 0 aromatic rings. The molecular formula is C13H22O2. The molecule has 0 radical (unpaired) electrons. The minimum atomic E-state index is -0.0218. The summed E-state index contributed by atoms with van der Waals surface area (Å²) in [5.41, 5.74) is 0. The van der Waals surface area contributed by atoms with E-state index in [4.69, 9.17) is 4.74 Å². The molecule has 2 nitrogen and oxygen atoms in total. The third-order valence-electron chi connectivity index (χ3n) is 2.96. The minimum absolute atomic E-state index is 0.0218. The maximum Gasteiger partial charge on any atom is 0.308 e. The van der Waals surface area contributed by atoms with Gasteiger partial charge in [0.15, 0.2) is 0 Å². The molecule has 2 unspecified atom stereocenters. The van der Waals surface area contributed by atoms with Crippen LogP contribution in [0.25, 0.3) is 0 Å². The Hall–Kier alpha value is -0.790. The SMILES string of the molecule is CCCC(C)C(=O)OCC1CC=CCC1. The van der Waals surface area contributed by atoms with Gasteiger partial charge >= 0.3 is 5.97 Å². The zero-order valence-electron chi connectivity index (χ0n) is 9.87. The van der Waals surface area contributed by atoms with Gasteiger partial charge in [-0.1, -0.05) is 32.4 Å². The topological polar surface area (TPSA) is 26.3 Å². The molecule has 0 amide bonds. The summed E-state index contributed by atoms with van der Waals surface area (Å²) in [5.74, 6) is 0.591. The van der Waals surface area contributed by atoms with Gasteiger partial charge in [-0.2, -0.15) is 0 Å². The van der Waals surface area contributed by atoms with Crippen molar-refractivity contribution in [3.05, 3.63) is 12.2 Å². The van der Waals surface area contributed by atoms with Crippen molar-refractivity contribution in [2.75, 3.05) is 6.61 Å². The van der Waals surface area contributed by atoms with E-state index in [9.17, 15) is 4.79 Å². The zero-order chi connectivity index (χ0) is 11.1. The van der Waals surface area contributed by atoms with Gasteiger partial charge in [-0.25, -0.2) is 0 Å². The van der Waals surface area contributed by atoms with Crippen LogP contribution in [0, 0.1) is 11.8 Å². The van der Waals surface area contributed by atoms with Crippen LogP contribution in [0.2, 0.25) is 0 Å². The van der Waals surface area contributed by atoms with Crippen molar-refractivity contribution in [3.63, 3.8) is 0 Å². The Kier molecular flexibility index (Phi) is 5.44. The summed E-state index contributed by atoms with van der Waals surface area (Å²) in [6.07, 6.45) is 9.73. The molecule has 2 atom stereocenters. The van der Waals surface area contributed by atoms with Crippen LogP contribution in [0.1, 0.15) is 46.0 Å². The largest absolute Gasteiger partial charge is 0.465 e. The molecule has 0 heterocycles. The molecule has 0 bridgehead atoms. The van der Waals surface area contributed by atoms with Crippen LogP contribution < -0.4 is 0 Å². The Balaban J connectivity index is 2.18. The third-order valence-corrected chi connectivity index (χ3v) is 2.96. The molecule has 15 heavy (non-hydrogen) atoms. The van der Waals surface area contributed by atoms with E-state index in [2.05, 4.69) is 19.1 Å². The highest BCUT2D eigenvalue weighted by molar-refractivity contribution is 5.71. The average Bonchev–Trinajstić information content (AvgIpc) is 2.27. The van der Waals surface area contributed by atoms with Gasteiger partial charge in [-0.05, 0) is 31.6 Å². The number of hydrogen-bond acceptors (Lipinski definition) is 2. The van der Waals surface area contributed by atoms with Crippen molar-refractivity contribution in [1.82, 2.24) is 0 Å². The highest BCUT2D eigenvalue weighted by Gasteiger charge is 2.16. The van der Waals surface area contributed by atoms with Crippen LogP contribution in [0.4, 0.5) is 0 Å². The number of carbonyl (C=O) groups is 1. The van der Waals surface area contributed by atoms with E-state index in [1.807, 2.05) is 6.92 Å². The minimum Gasteiger partial charge on any atom is -0.465 e. The fourth-order valence-corrected chi connectivity index (χ4v) is 1.90. The van der Waals surface area contributed by atoms with E-state index >= 15 is 0 Å². The van der Waals surface area contributed by atoms with E-state index in [-0.39, 0.29) is 11.9 Å². The Morgan fingerprint density at radius 3 is 2.93 bits per heavy atom. The van der Waals surface area contributed by atoms with Crippen molar-refractivity contribution in [2.24, 2.45) is 11.8 Å². The third kappa shape index (κ3) is 4.50. The Morgan fingerprint density at radius 1 is 1.53 bits per heavy atom. The van der Waals surface area contributed by atoms with E-state index in [1.165, 1.54) is 0 Å². The van der Waals surface area contributed by atoms with Gasteiger partial charge in [-0.3, -0.25) is 4.79 Å². The Morgan fingerprint density at radius 2 is 2.33 bits per heavy atom. The van der Waals surface area contributed by atoms with Gasteiger partial charge in [-0.15, -0.1) is 0 Å². The van der Waals surface area contributed by atoms with Crippen molar-refractivity contribution in [2.45, 2.75) is 46.0 Å². The van der Waals surface area contributed by atoms with Gasteiger partial charge in [0.1, 0.15) is 0 Å². The molecule has 1 aliphatic rings. The number of allylic oxidation sites excluding steroid dienone is 2. The summed E-state index contributed by atoms with van der Waals surface area (Å²) in [6, 6.07) is 0. The normalized spacial score (nSPS) is 22.4. The highest BCUT2D eigenvalue weighted by atomic mass is 16.5. The van der Waals surface area contributed by atoms with Crippen LogP contribution in [0.3, 0.4) is 0 Å². The maximum absolute atomic E-state index is 11.5.